The number of nitrogens with zero attached hydrogens (tertiary/aromatic N) is 2. The van der Waals surface area contributed by atoms with Crippen molar-refractivity contribution in [2.75, 3.05) is 0 Å². The normalized spacial score (nSPS) is 13.3. The molecule has 0 N–H and O–H groups in total. The molecule has 0 radical (unpaired) electrons. The van der Waals surface area contributed by atoms with Gasteiger partial charge in [0.2, 0.25) is 0 Å². The summed E-state index contributed by atoms with van der Waals surface area (Å²) in [5.74, 6) is 0. The van der Waals surface area contributed by atoms with Gasteiger partial charge < -0.3 is 0 Å². The number of rotatable bonds is 0. The van der Waals surface area contributed by atoms with E-state index in [-0.39, 0.29) is 22.5 Å². The van der Waals surface area contributed by atoms with Crippen LogP contribution >= 0.6 is 28.7 Å². The van der Waals surface area contributed by atoms with Gasteiger partial charge in [-0.25, -0.2) is 4.98 Å². The Labute approximate surface area is 84.3 Å². The van der Waals surface area contributed by atoms with Gasteiger partial charge in [0.05, 0.1) is 0 Å². The minimum absolute atomic E-state index is 0. The molecule has 0 fully saturated rings. The Morgan fingerprint density at radius 1 is 1.58 bits per heavy atom. The molecule has 1 aromatic heterocycles. The van der Waals surface area contributed by atoms with Crippen LogP contribution in [0.1, 0.15) is 0 Å². The summed E-state index contributed by atoms with van der Waals surface area (Å²) < 4.78 is 1.64. The van der Waals surface area contributed by atoms with E-state index in [1.165, 1.54) is 17.8 Å². The molecule has 0 aliphatic carbocycles. The number of halogens is 1. The molecule has 64 valence electrons. The van der Waals surface area contributed by atoms with Crippen LogP contribution in [0.5, 0.6) is 0 Å². The van der Waals surface area contributed by atoms with E-state index in [1.807, 2.05) is 11.5 Å². The Morgan fingerprint density at radius 3 is 3.17 bits per heavy atom. The van der Waals surface area contributed by atoms with E-state index in [2.05, 4.69) is 4.98 Å². The van der Waals surface area contributed by atoms with Crippen molar-refractivity contribution in [3.63, 3.8) is 0 Å². The molecule has 2 heterocycles. The molecule has 0 atom stereocenters. The average Bonchev–Trinajstić information content (AvgIpc) is 2.06. The number of aromatic nitrogens is 2. The Balaban J connectivity index is 0.000000720. The lowest BCUT2D eigenvalue weighted by atomic mass is 10.5. The minimum atomic E-state index is 0. The van der Waals surface area contributed by atoms with Gasteiger partial charge in [-0.05, 0) is 5.41 Å². The van der Waals surface area contributed by atoms with Crippen molar-refractivity contribution in [1.29, 1.82) is 0 Å². The predicted octanol–water partition coefficient (Wildman–Crippen LogP) is 1.44. The van der Waals surface area contributed by atoms with Crippen molar-refractivity contribution in [2.45, 2.75) is 11.7 Å². The summed E-state index contributed by atoms with van der Waals surface area (Å²) in [5.41, 5.74) is 0.0202. The highest BCUT2D eigenvalue weighted by Gasteiger charge is 2.05. The number of hydrogen-bond donors (Lipinski definition) is 0. The SMILES string of the molecule is Br.O=c1ccnc2n1CC=CS2. The van der Waals surface area contributed by atoms with Crippen molar-refractivity contribution in [2.24, 2.45) is 0 Å². The summed E-state index contributed by atoms with van der Waals surface area (Å²) in [6, 6.07) is 1.48. The maximum atomic E-state index is 11.1. The molecule has 0 spiro atoms. The number of hydrogen-bond acceptors (Lipinski definition) is 3. The fraction of sp³-hybridized carbons (Fsp3) is 0.143. The van der Waals surface area contributed by atoms with Crippen molar-refractivity contribution < 1.29 is 0 Å². The largest absolute Gasteiger partial charge is 0.283 e. The lowest BCUT2D eigenvalue weighted by molar-refractivity contribution is 0.653. The van der Waals surface area contributed by atoms with Crippen LogP contribution in [0.2, 0.25) is 0 Å². The monoisotopic (exact) mass is 246 g/mol. The molecular formula is C7H7BrN2OS. The average molecular weight is 247 g/mol. The lowest BCUT2D eigenvalue weighted by Crippen LogP contribution is -2.21. The Hall–Kier alpha value is -0.550. The molecule has 1 aliphatic heterocycles. The molecule has 0 unspecified atom stereocenters. The molecule has 0 aromatic carbocycles. The summed E-state index contributed by atoms with van der Waals surface area (Å²) in [5, 5.41) is 2.72. The second-order valence-corrected chi connectivity index (χ2v) is 3.04. The first kappa shape index (κ1) is 9.54. The minimum Gasteiger partial charge on any atom is -0.283 e. The smallest absolute Gasteiger partial charge is 0.254 e. The molecule has 5 heteroatoms. The maximum Gasteiger partial charge on any atom is 0.254 e. The van der Waals surface area contributed by atoms with Crippen molar-refractivity contribution in [3.8, 4) is 0 Å². The molecule has 12 heavy (non-hydrogen) atoms. The summed E-state index contributed by atoms with van der Waals surface area (Å²) in [6.45, 7) is 0.648. The topological polar surface area (TPSA) is 34.9 Å². The molecule has 1 aromatic rings. The molecule has 0 saturated heterocycles. The van der Waals surface area contributed by atoms with E-state index in [4.69, 9.17) is 0 Å². The van der Waals surface area contributed by atoms with Gasteiger partial charge in [0, 0.05) is 18.8 Å². The number of allylic oxidation sites excluding steroid dienone is 1. The van der Waals surface area contributed by atoms with Crippen molar-refractivity contribution in [1.82, 2.24) is 9.55 Å². The second kappa shape index (κ2) is 3.91. The maximum absolute atomic E-state index is 11.1. The van der Waals surface area contributed by atoms with E-state index in [9.17, 15) is 4.79 Å². The van der Waals surface area contributed by atoms with Gasteiger partial charge in [-0.1, -0.05) is 17.8 Å². The Bertz CT molecular complexity index is 361. The highest BCUT2D eigenvalue weighted by molar-refractivity contribution is 8.93. The first-order valence-corrected chi connectivity index (χ1v) is 4.13. The molecule has 0 saturated carbocycles. The van der Waals surface area contributed by atoms with Crippen LogP contribution in [0.3, 0.4) is 0 Å². The fourth-order valence-corrected chi connectivity index (χ4v) is 1.66. The first-order valence-electron chi connectivity index (χ1n) is 3.25. The Kier molecular flexibility index (Phi) is 3.11. The van der Waals surface area contributed by atoms with Crippen molar-refractivity contribution >= 4 is 28.7 Å². The summed E-state index contributed by atoms with van der Waals surface area (Å²) in [6.07, 6.45) is 3.49. The highest BCUT2D eigenvalue weighted by Crippen LogP contribution is 2.18. The number of thioether (sulfide) groups is 1. The van der Waals surface area contributed by atoms with Gasteiger partial charge in [0.1, 0.15) is 0 Å². The summed E-state index contributed by atoms with van der Waals surface area (Å²) in [7, 11) is 0. The van der Waals surface area contributed by atoms with E-state index in [1.54, 1.807) is 10.8 Å². The zero-order chi connectivity index (χ0) is 7.68. The van der Waals surface area contributed by atoms with Crippen LogP contribution in [-0.4, -0.2) is 9.55 Å². The fourth-order valence-electron chi connectivity index (χ4n) is 0.938. The van der Waals surface area contributed by atoms with E-state index < -0.39 is 0 Å². The lowest BCUT2D eigenvalue weighted by Gasteiger charge is -2.09. The van der Waals surface area contributed by atoms with E-state index in [0.717, 1.165) is 5.16 Å². The molecular weight excluding hydrogens is 240 g/mol. The molecule has 2 rings (SSSR count). The van der Waals surface area contributed by atoms with Gasteiger partial charge in [0.25, 0.3) is 5.56 Å². The van der Waals surface area contributed by atoms with Crippen LogP contribution in [0.4, 0.5) is 0 Å². The van der Waals surface area contributed by atoms with Gasteiger partial charge in [-0.3, -0.25) is 9.36 Å². The number of fused-ring (bicyclic) bond motifs is 1. The predicted molar refractivity (Wildman–Crippen MR) is 53.8 cm³/mol. The summed E-state index contributed by atoms with van der Waals surface area (Å²) >= 11 is 1.47. The summed E-state index contributed by atoms with van der Waals surface area (Å²) in [4.78, 5) is 15.2. The van der Waals surface area contributed by atoms with Crippen LogP contribution in [0.25, 0.3) is 0 Å². The quantitative estimate of drug-likeness (QED) is 0.650. The Morgan fingerprint density at radius 2 is 2.42 bits per heavy atom. The highest BCUT2D eigenvalue weighted by atomic mass is 79.9. The van der Waals surface area contributed by atoms with Gasteiger partial charge >= 0.3 is 0 Å². The van der Waals surface area contributed by atoms with Crippen molar-refractivity contribution in [3.05, 3.63) is 34.1 Å². The zero-order valence-corrected chi connectivity index (χ0v) is 8.67. The standard InChI is InChI=1S/C7H6N2OS.BrH/c10-6-2-3-8-7-9(6)4-1-5-11-7;/h1-3,5H,4H2;1H. The molecule has 1 aliphatic rings. The van der Waals surface area contributed by atoms with Gasteiger partial charge in [-0.2, -0.15) is 0 Å². The van der Waals surface area contributed by atoms with E-state index in [0.29, 0.717) is 6.54 Å². The van der Waals surface area contributed by atoms with Crippen LogP contribution in [-0.2, 0) is 6.54 Å². The third kappa shape index (κ3) is 1.61. The van der Waals surface area contributed by atoms with Crippen LogP contribution < -0.4 is 5.56 Å². The molecule has 0 amide bonds. The molecule has 0 bridgehead atoms. The third-order valence-corrected chi connectivity index (χ3v) is 2.32. The second-order valence-electron chi connectivity index (χ2n) is 2.17. The van der Waals surface area contributed by atoms with Crippen LogP contribution in [0, 0.1) is 0 Å². The van der Waals surface area contributed by atoms with Gasteiger partial charge in [0.15, 0.2) is 5.16 Å². The zero-order valence-electron chi connectivity index (χ0n) is 6.14. The first-order chi connectivity index (χ1) is 5.38. The molecule has 3 nitrogen and oxygen atoms in total. The van der Waals surface area contributed by atoms with Gasteiger partial charge in [-0.15, -0.1) is 17.0 Å². The van der Waals surface area contributed by atoms with E-state index >= 15 is 0 Å². The van der Waals surface area contributed by atoms with Crippen LogP contribution in [0.15, 0.2) is 33.7 Å². The third-order valence-electron chi connectivity index (χ3n) is 1.46.